The fourth-order valence-corrected chi connectivity index (χ4v) is 3.83. The summed E-state index contributed by atoms with van der Waals surface area (Å²) in [6.07, 6.45) is 3.72. The lowest BCUT2D eigenvalue weighted by molar-refractivity contribution is -0.159. The molecule has 0 atom stereocenters. The van der Waals surface area contributed by atoms with Gasteiger partial charge in [-0.05, 0) is 30.7 Å². The molecule has 2 heterocycles. The zero-order valence-corrected chi connectivity index (χ0v) is 17.9. The normalized spacial score (nSPS) is 15.8. The molecule has 1 aliphatic rings. The number of nitrogens with one attached hydrogen (secondary N) is 1. The van der Waals surface area contributed by atoms with E-state index in [1.54, 1.807) is 19.2 Å². The summed E-state index contributed by atoms with van der Waals surface area (Å²) < 4.78 is 13.0. The van der Waals surface area contributed by atoms with Gasteiger partial charge in [0, 0.05) is 29.2 Å². The van der Waals surface area contributed by atoms with Gasteiger partial charge in [-0.1, -0.05) is 47.5 Å². The standard InChI is InChI=1S/C22H21Cl2N3O3/c1-22(29-8-9-30-22)11-21(28)26-25-12-16-14-27(20-5-3-2-4-17(16)20)13-15-6-7-18(23)19(24)10-15/h2-7,10,12,14H,8-9,11,13H2,1H3,(H,26,28)/b25-12+. The molecule has 1 amide bonds. The van der Waals surface area contributed by atoms with Crippen molar-refractivity contribution < 1.29 is 14.3 Å². The van der Waals surface area contributed by atoms with Gasteiger partial charge in [-0.2, -0.15) is 5.10 Å². The van der Waals surface area contributed by atoms with Crippen molar-refractivity contribution in [1.82, 2.24) is 9.99 Å². The van der Waals surface area contributed by atoms with Crippen LogP contribution in [-0.2, 0) is 20.8 Å². The summed E-state index contributed by atoms with van der Waals surface area (Å²) in [6.45, 7) is 3.36. The van der Waals surface area contributed by atoms with E-state index in [0.717, 1.165) is 22.0 Å². The topological polar surface area (TPSA) is 64.9 Å². The molecule has 0 aliphatic carbocycles. The molecule has 0 radical (unpaired) electrons. The second-order valence-electron chi connectivity index (χ2n) is 7.28. The summed E-state index contributed by atoms with van der Waals surface area (Å²) in [4.78, 5) is 12.2. The first-order valence-corrected chi connectivity index (χ1v) is 10.3. The zero-order valence-electron chi connectivity index (χ0n) is 16.4. The number of halogens is 2. The summed E-state index contributed by atoms with van der Waals surface area (Å²) in [5.41, 5.74) is 5.53. The third kappa shape index (κ3) is 4.68. The predicted molar refractivity (Wildman–Crippen MR) is 118 cm³/mol. The summed E-state index contributed by atoms with van der Waals surface area (Å²) in [6, 6.07) is 13.6. The Kier molecular flexibility index (Phi) is 6.11. The molecule has 1 fully saturated rings. The van der Waals surface area contributed by atoms with Gasteiger partial charge in [0.05, 0.1) is 35.9 Å². The van der Waals surface area contributed by atoms with Crippen LogP contribution in [0.5, 0.6) is 0 Å². The van der Waals surface area contributed by atoms with E-state index >= 15 is 0 Å². The number of benzene rings is 2. The molecule has 8 heteroatoms. The molecular formula is C22H21Cl2N3O3. The first-order chi connectivity index (χ1) is 14.4. The molecule has 0 unspecified atom stereocenters. The number of amides is 1. The first-order valence-electron chi connectivity index (χ1n) is 9.55. The van der Waals surface area contributed by atoms with Gasteiger partial charge in [0.25, 0.3) is 0 Å². The van der Waals surface area contributed by atoms with E-state index in [0.29, 0.717) is 29.8 Å². The highest BCUT2D eigenvalue weighted by atomic mass is 35.5. The maximum Gasteiger partial charge on any atom is 0.245 e. The average molecular weight is 446 g/mol. The van der Waals surface area contributed by atoms with Crippen molar-refractivity contribution in [1.29, 1.82) is 0 Å². The second-order valence-corrected chi connectivity index (χ2v) is 8.09. The Bertz CT molecular complexity index is 1100. The molecule has 3 aromatic rings. The van der Waals surface area contributed by atoms with Crippen LogP contribution in [0.1, 0.15) is 24.5 Å². The van der Waals surface area contributed by atoms with Crippen LogP contribution in [-0.4, -0.2) is 35.7 Å². The number of aromatic nitrogens is 1. The fraction of sp³-hybridized carbons (Fsp3) is 0.273. The number of ether oxygens (including phenoxy) is 2. The maximum absolute atomic E-state index is 12.2. The molecule has 2 aromatic carbocycles. The van der Waals surface area contributed by atoms with Crippen molar-refractivity contribution >= 4 is 46.2 Å². The van der Waals surface area contributed by atoms with Crippen LogP contribution in [0.25, 0.3) is 10.9 Å². The quantitative estimate of drug-likeness (QED) is 0.445. The number of carbonyl (C=O) groups excluding carboxylic acids is 1. The van der Waals surface area contributed by atoms with E-state index < -0.39 is 5.79 Å². The molecule has 6 nitrogen and oxygen atoms in total. The third-order valence-corrected chi connectivity index (χ3v) is 5.67. The van der Waals surface area contributed by atoms with Crippen molar-refractivity contribution in [3.05, 3.63) is 69.8 Å². The molecular weight excluding hydrogens is 425 g/mol. The van der Waals surface area contributed by atoms with E-state index in [1.165, 1.54) is 0 Å². The lowest BCUT2D eigenvalue weighted by Gasteiger charge is -2.20. The minimum atomic E-state index is -0.879. The monoisotopic (exact) mass is 445 g/mol. The predicted octanol–water partition coefficient (Wildman–Crippen LogP) is 4.60. The molecule has 30 heavy (non-hydrogen) atoms. The van der Waals surface area contributed by atoms with E-state index in [1.807, 2.05) is 42.6 Å². The van der Waals surface area contributed by atoms with Gasteiger partial charge in [-0.25, -0.2) is 5.43 Å². The van der Waals surface area contributed by atoms with Crippen LogP contribution in [0.4, 0.5) is 0 Å². The molecule has 1 aromatic heterocycles. The third-order valence-electron chi connectivity index (χ3n) is 4.93. The Labute approximate surface area is 184 Å². The molecule has 0 bridgehead atoms. The molecule has 1 aliphatic heterocycles. The maximum atomic E-state index is 12.2. The van der Waals surface area contributed by atoms with Gasteiger partial charge in [-0.3, -0.25) is 4.79 Å². The Hall–Kier alpha value is -2.38. The molecule has 1 N–H and O–H groups in total. The van der Waals surface area contributed by atoms with Crippen molar-refractivity contribution in [2.75, 3.05) is 13.2 Å². The fourth-order valence-electron chi connectivity index (χ4n) is 3.51. The molecule has 0 spiro atoms. The molecule has 1 saturated heterocycles. The van der Waals surface area contributed by atoms with Gasteiger partial charge in [-0.15, -0.1) is 0 Å². The highest BCUT2D eigenvalue weighted by Gasteiger charge is 2.33. The number of nitrogens with zero attached hydrogens (tertiary/aromatic N) is 2. The number of hydrogen-bond acceptors (Lipinski definition) is 4. The van der Waals surface area contributed by atoms with Crippen molar-refractivity contribution in [3.63, 3.8) is 0 Å². The molecule has 156 valence electrons. The highest BCUT2D eigenvalue weighted by molar-refractivity contribution is 6.42. The summed E-state index contributed by atoms with van der Waals surface area (Å²) in [7, 11) is 0. The van der Waals surface area contributed by atoms with Gasteiger partial charge in [0.2, 0.25) is 5.91 Å². The number of para-hydroxylation sites is 1. The largest absolute Gasteiger partial charge is 0.347 e. The second kappa shape index (κ2) is 8.78. The Morgan fingerprint density at radius 2 is 1.97 bits per heavy atom. The van der Waals surface area contributed by atoms with Crippen LogP contribution in [0.3, 0.4) is 0 Å². The minimum Gasteiger partial charge on any atom is -0.347 e. The number of hydrogen-bond donors (Lipinski definition) is 1. The number of carbonyl (C=O) groups is 1. The van der Waals surface area contributed by atoms with E-state index in [2.05, 4.69) is 15.1 Å². The lowest BCUT2D eigenvalue weighted by Crippen LogP contribution is -2.33. The van der Waals surface area contributed by atoms with Crippen LogP contribution in [0, 0.1) is 0 Å². The summed E-state index contributed by atoms with van der Waals surface area (Å²) in [5, 5.41) is 6.21. The number of rotatable bonds is 6. The zero-order chi connectivity index (χ0) is 21.1. The van der Waals surface area contributed by atoms with Crippen LogP contribution >= 0.6 is 23.2 Å². The van der Waals surface area contributed by atoms with Gasteiger partial charge in [0.1, 0.15) is 0 Å². The van der Waals surface area contributed by atoms with Crippen molar-refractivity contribution in [3.8, 4) is 0 Å². The van der Waals surface area contributed by atoms with Gasteiger partial charge < -0.3 is 14.0 Å². The van der Waals surface area contributed by atoms with E-state index in [9.17, 15) is 4.79 Å². The van der Waals surface area contributed by atoms with Crippen LogP contribution in [0.15, 0.2) is 53.8 Å². The van der Waals surface area contributed by atoms with Crippen molar-refractivity contribution in [2.24, 2.45) is 5.10 Å². The van der Waals surface area contributed by atoms with Crippen LogP contribution < -0.4 is 5.43 Å². The highest BCUT2D eigenvalue weighted by Crippen LogP contribution is 2.26. The molecule has 4 rings (SSSR count). The summed E-state index contributed by atoms with van der Waals surface area (Å²) >= 11 is 12.2. The number of fused-ring (bicyclic) bond motifs is 1. The van der Waals surface area contributed by atoms with E-state index in [-0.39, 0.29) is 12.3 Å². The Balaban J connectivity index is 1.50. The Morgan fingerprint density at radius 3 is 2.73 bits per heavy atom. The van der Waals surface area contributed by atoms with E-state index in [4.69, 9.17) is 32.7 Å². The van der Waals surface area contributed by atoms with Gasteiger partial charge in [0.15, 0.2) is 5.79 Å². The average Bonchev–Trinajstić information content (AvgIpc) is 3.29. The van der Waals surface area contributed by atoms with Crippen LogP contribution in [0.2, 0.25) is 10.0 Å². The number of hydrazone groups is 1. The minimum absolute atomic E-state index is 0.0867. The first kappa shape index (κ1) is 20.9. The SMILES string of the molecule is CC1(CC(=O)N/N=C/c2cn(Cc3ccc(Cl)c(Cl)c3)c3ccccc23)OCCO1. The Morgan fingerprint density at radius 1 is 1.20 bits per heavy atom. The molecule has 0 saturated carbocycles. The summed E-state index contributed by atoms with van der Waals surface area (Å²) in [5.74, 6) is -1.15. The van der Waals surface area contributed by atoms with Gasteiger partial charge >= 0.3 is 0 Å². The smallest absolute Gasteiger partial charge is 0.245 e. The lowest BCUT2D eigenvalue weighted by atomic mass is 10.2. The van der Waals surface area contributed by atoms with Crippen molar-refractivity contribution in [2.45, 2.75) is 25.7 Å².